The Morgan fingerprint density at radius 2 is 1.77 bits per heavy atom. The molecule has 2 N–H and O–H groups in total. The first-order valence-electron chi connectivity index (χ1n) is 8.30. The van der Waals surface area contributed by atoms with Crippen LogP contribution >= 0.6 is 0 Å². The topological polar surface area (TPSA) is 101 Å². The van der Waals surface area contributed by atoms with Crippen molar-refractivity contribution in [3.8, 4) is 5.75 Å². The molecule has 0 spiro atoms. The Morgan fingerprint density at radius 3 is 2.31 bits per heavy atom. The van der Waals surface area contributed by atoms with Gasteiger partial charge in [0.1, 0.15) is 11.4 Å². The molecule has 140 valence electrons. The maximum absolute atomic E-state index is 12.3. The van der Waals surface area contributed by atoms with Gasteiger partial charge in [0.25, 0.3) is 16.8 Å². The third kappa shape index (κ3) is 3.54. The summed E-state index contributed by atoms with van der Waals surface area (Å²) in [4.78, 5) is 41.6. The van der Waals surface area contributed by atoms with Crippen molar-refractivity contribution >= 4 is 23.0 Å². The lowest BCUT2D eigenvalue weighted by Gasteiger charge is -2.22. The summed E-state index contributed by atoms with van der Waals surface area (Å²) < 4.78 is 5.32. The number of methoxy groups -OCH3 is 1. The lowest BCUT2D eigenvalue weighted by Crippen LogP contribution is -2.39. The van der Waals surface area contributed by atoms with E-state index in [0.29, 0.717) is 5.69 Å². The van der Waals surface area contributed by atoms with Crippen LogP contribution in [0.5, 0.6) is 5.75 Å². The summed E-state index contributed by atoms with van der Waals surface area (Å²) in [5, 5.41) is 5.99. The molecule has 2 aromatic rings. The number of carbonyl (C=O) groups is 1. The highest BCUT2D eigenvalue weighted by molar-refractivity contribution is 5.97. The molecule has 1 heterocycles. The van der Waals surface area contributed by atoms with Crippen LogP contribution in [0.3, 0.4) is 0 Å². The average molecular weight is 360 g/mol. The molecular formula is C18H24N4O4. The second kappa shape index (κ2) is 7.55. The van der Waals surface area contributed by atoms with Crippen molar-refractivity contribution < 1.29 is 9.53 Å². The molecule has 0 unspecified atom stereocenters. The number of nitrogens with zero attached hydrogens (tertiary/aromatic N) is 2. The monoisotopic (exact) mass is 360 g/mol. The van der Waals surface area contributed by atoms with E-state index in [1.54, 1.807) is 20.2 Å². The van der Waals surface area contributed by atoms with Gasteiger partial charge >= 0.3 is 0 Å². The molecule has 1 atom stereocenters. The predicted molar refractivity (Wildman–Crippen MR) is 101 cm³/mol. The van der Waals surface area contributed by atoms with E-state index in [2.05, 4.69) is 15.6 Å². The molecule has 1 amide bonds. The molecule has 8 nitrogen and oxygen atoms in total. The van der Waals surface area contributed by atoms with Gasteiger partial charge in [0.15, 0.2) is 11.4 Å². The van der Waals surface area contributed by atoms with Crippen molar-refractivity contribution in [1.29, 1.82) is 0 Å². The third-order valence-electron chi connectivity index (χ3n) is 4.26. The molecule has 1 aromatic heterocycles. The molecule has 0 saturated carbocycles. The van der Waals surface area contributed by atoms with E-state index in [1.807, 2.05) is 20.8 Å². The van der Waals surface area contributed by atoms with Crippen LogP contribution < -0.4 is 26.2 Å². The smallest absolute Gasteiger partial charge is 0.275 e. The Labute approximate surface area is 151 Å². The number of hydrogen-bond acceptors (Lipinski definition) is 7. The van der Waals surface area contributed by atoms with Crippen molar-refractivity contribution in [3.63, 3.8) is 0 Å². The highest BCUT2D eigenvalue weighted by atomic mass is 16.5. The molecule has 0 aliphatic rings. The standard InChI is InChI=1S/C18H24N4O4/c1-9(2)10(3)20-12-13(16(24)15(12)23)21-11-7-8-19-14(17(11)26-6)18(25)22(4)5/h7-10,20H,1-6H3,(H,19,21)/t10-/m0/s1. The Bertz CT molecular complexity index is 882. The predicted octanol–water partition coefficient (Wildman–Crippen LogP) is 1.59. The normalized spacial score (nSPS) is 12.1. The van der Waals surface area contributed by atoms with E-state index in [0.717, 1.165) is 0 Å². The van der Waals surface area contributed by atoms with Gasteiger partial charge in [-0.25, -0.2) is 4.98 Å². The number of pyridine rings is 1. The second-order valence-electron chi connectivity index (χ2n) is 6.65. The van der Waals surface area contributed by atoms with E-state index in [4.69, 9.17) is 4.74 Å². The van der Waals surface area contributed by atoms with Crippen molar-refractivity contribution in [2.24, 2.45) is 5.92 Å². The lowest BCUT2D eigenvalue weighted by molar-refractivity contribution is 0.0818. The molecule has 0 saturated heterocycles. The van der Waals surface area contributed by atoms with Gasteiger partial charge in [-0.1, -0.05) is 13.8 Å². The first-order valence-corrected chi connectivity index (χ1v) is 8.30. The molecule has 8 heteroatoms. The zero-order valence-corrected chi connectivity index (χ0v) is 15.8. The summed E-state index contributed by atoms with van der Waals surface area (Å²) in [7, 11) is 4.63. The van der Waals surface area contributed by atoms with E-state index in [1.165, 1.54) is 18.2 Å². The van der Waals surface area contributed by atoms with E-state index < -0.39 is 10.9 Å². The number of rotatable bonds is 7. The minimum Gasteiger partial charge on any atom is -0.492 e. The molecule has 2 rings (SSSR count). The first kappa shape index (κ1) is 19.4. The van der Waals surface area contributed by atoms with E-state index in [9.17, 15) is 14.4 Å². The minimum atomic E-state index is -0.609. The summed E-state index contributed by atoms with van der Waals surface area (Å²) >= 11 is 0. The summed E-state index contributed by atoms with van der Waals surface area (Å²) in [5.41, 5.74) is -0.252. The van der Waals surface area contributed by atoms with Gasteiger partial charge in [0.2, 0.25) is 0 Å². The average Bonchev–Trinajstić information content (AvgIpc) is 2.62. The van der Waals surface area contributed by atoms with Crippen LogP contribution in [0.2, 0.25) is 0 Å². The summed E-state index contributed by atoms with van der Waals surface area (Å²) in [5.74, 6) is 0.163. The van der Waals surface area contributed by atoms with Crippen LogP contribution in [0.25, 0.3) is 0 Å². The fourth-order valence-corrected chi connectivity index (χ4v) is 2.30. The quantitative estimate of drug-likeness (QED) is 0.723. The van der Waals surface area contributed by atoms with Gasteiger partial charge in [-0.3, -0.25) is 14.4 Å². The van der Waals surface area contributed by atoms with Crippen LogP contribution in [0, 0.1) is 5.92 Å². The number of amides is 1. The molecular weight excluding hydrogens is 336 g/mol. The molecule has 0 fully saturated rings. The van der Waals surface area contributed by atoms with E-state index >= 15 is 0 Å². The van der Waals surface area contributed by atoms with E-state index in [-0.39, 0.29) is 40.7 Å². The highest BCUT2D eigenvalue weighted by Gasteiger charge is 2.26. The van der Waals surface area contributed by atoms with Gasteiger partial charge in [0.05, 0.1) is 12.8 Å². The fourth-order valence-electron chi connectivity index (χ4n) is 2.30. The summed E-state index contributed by atoms with van der Waals surface area (Å²) in [6.07, 6.45) is 1.44. The van der Waals surface area contributed by atoms with Gasteiger partial charge < -0.3 is 20.3 Å². The maximum atomic E-state index is 12.3. The zero-order valence-electron chi connectivity index (χ0n) is 15.8. The van der Waals surface area contributed by atoms with Crippen molar-refractivity contribution in [3.05, 3.63) is 38.4 Å². The molecule has 1 aromatic carbocycles. The largest absolute Gasteiger partial charge is 0.492 e. The molecule has 0 aliphatic heterocycles. The maximum Gasteiger partial charge on any atom is 0.275 e. The first-order chi connectivity index (χ1) is 12.2. The number of carbonyl (C=O) groups excluding carboxylic acids is 1. The number of nitrogens with one attached hydrogen (secondary N) is 2. The SMILES string of the molecule is COc1c(Nc2c(N[C@@H](C)C(C)C)c(=O)c2=O)ccnc1C(=O)N(C)C. The Balaban J connectivity index is 2.40. The number of ether oxygens (including phenoxy) is 1. The van der Waals surface area contributed by atoms with Crippen molar-refractivity contribution in [1.82, 2.24) is 9.88 Å². The Hall–Kier alpha value is -2.90. The Kier molecular flexibility index (Phi) is 5.64. The Morgan fingerprint density at radius 1 is 1.15 bits per heavy atom. The van der Waals surface area contributed by atoms with Gasteiger partial charge in [-0.05, 0) is 18.9 Å². The second-order valence-corrected chi connectivity index (χ2v) is 6.65. The van der Waals surface area contributed by atoms with Crippen LogP contribution in [0.15, 0.2) is 21.9 Å². The van der Waals surface area contributed by atoms with Crippen molar-refractivity contribution in [2.45, 2.75) is 26.8 Å². The molecule has 26 heavy (non-hydrogen) atoms. The zero-order chi connectivity index (χ0) is 19.6. The number of hydrogen-bond donors (Lipinski definition) is 2. The summed E-state index contributed by atoms with van der Waals surface area (Å²) in [6, 6.07) is 1.60. The summed E-state index contributed by atoms with van der Waals surface area (Å²) in [6.45, 7) is 5.97. The molecule has 0 radical (unpaired) electrons. The molecule has 0 bridgehead atoms. The van der Waals surface area contributed by atoms with Gasteiger partial charge in [-0.15, -0.1) is 0 Å². The number of anilines is 3. The van der Waals surface area contributed by atoms with Gasteiger partial charge in [-0.2, -0.15) is 0 Å². The molecule has 0 aliphatic carbocycles. The number of aromatic nitrogens is 1. The van der Waals surface area contributed by atoms with Crippen LogP contribution in [0.1, 0.15) is 31.3 Å². The lowest BCUT2D eigenvalue weighted by atomic mass is 10.0. The third-order valence-corrected chi connectivity index (χ3v) is 4.26. The van der Waals surface area contributed by atoms with Crippen molar-refractivity contribution in [2.75, 3.05) is 31.8 Å². The minimum absolute atomic E-state index is 0.0177. The fraction of sp³-hybridized carbons (Fsp3) is 0.444. The highest BCUT2D eigenvalue weighted by Crippen LogP contribution is 2.32. The van der Waals surface area contributed by atoms with Crippen LogP contribution in [-0.2, 0) is 0 Å². The van der Waals surface area contributed by atoms with Crippen LogP contribution in [-0.4, -0.2) is 43.0 Å². The van der Waals surface area contributed by atoms with Crippen LogP contribution in [0.4, 0.5) is 17.1 Å². The van der Waals surface area contributed by atoms with Gasteiger partial charge in [0, 0.05) is 26.3 Å².